The first-order valence-corrected chi connectivity index (χ1v) is 7.90. The molecular formula is C16H21N5O. The topological polar surface area (TPSA) is 56.1 Å². The Kier molecular flexibility index (Phi) is 3.54. The molecule has 0 amide bonds. The Labute approximate surface area is 130 Å². The van der Waals surface area contributed by atoms with Crippen molar-refractivity contribution in [1.82, 2.24) is 19.7 Å². The van der Waals surface area contributed by atoms with Crippen LogP contribution in [0.25, 0.3) is 0 Å². The van der Waals surface area contributed by atoms with Crippen LogP contribution in [-0.4, -0.2) is 40.0 Å². The fourth-order valence-corrected chi connectivity index (χ4v) is 3.20. The lowest BCUT2D eigenvalue weighted by Crippen LogP contribution is -2.37. The largest absolute Gasteiger partial charge is 0.384 e. The predicted molar refractivity (Wildman–Crippen MR) is 82.7 cm³/mol. The van der Waals surface area contributed by atoms with E-state index < -0.39 is 0 Å². The second-order valence-electron chi connectivity index (χ2n) is 6.25. The number of aromatic nitrogens is 4. The van der Waals surface area contributed by atoms with Crippen LogP contribution in [0.3, 0.4) is 0 Å². The summed E-state index contributed by atoms with van der Waals surface area (Å²) in [5.41, 5.74) is 2.63. The van der Waals surface area contributed by atoms with Crippen LogP contribution in [-0.2, 0) is 17.8 Å². The van der Waals surface area contributed by atoms with Crippen molar-refractivity contribution in [2.24, 2.45) is 5.92 Å². The van der Waals surface area contributed by atoms with Gasteiger partial charge >= 0.3 is 0 Å². The molecule has 1 fully saturated rings. The van der Waals surface area contributed by atoms with Crippen molar-refractivity contribution in [1.29, 1.82) is 0 Å². The molecule has 1 atom stereocenters. The van der Waals surface area contributed by atoms with Crippen molar-refractivity contribution in [2.75, 3.05) is 25.2 Å². The van der Waals surface area contributed by atoms with Gasteiger partial charge in [-0.3, -0.25) is 4.68 Å². The second kappa shape index (κ2) is 5.68. The third-order valence-corrected chi connectivity index (χ3v) is 4.53. The molecule has 0 unspecified atom stereocenters. The highest BCUT2D eigenvalue weighted by molar-refractivity contribution is 5.39. The Balaban J connectivity index is 1.65. The van der Waals surface area contributed by atoms with Crippen molar-refractivity contribution in [3.63, 3.8) is 0 Å². The smallest absolute Gasteiger partial charge is 0.225 e. The van der Waals surface area contributed by atoms with Crippen LogP contribution in [0.2, 0.25) is 0 Å². The van der Waals surface area contributed by atoms with Gasteiger partial charge in [0.25, 0.3) is 0 Å². The number of fused-ring (bicyclic) bond motifs is 1. The third-order valence-electron chi connectivity index (χ3n) is 4.53. The van der Waals surface area contributed by atoms with Crippen LogP contribution in [0, 0.1) is 5.92 Å². The molecule has 6 nitrogen and oxygen atoms in total. The van der Waals surface area contributed by atoms with E-state index in [0.717, 1.165) is 31.5 Å². The van der Waals surface area contributed by atoms with E-state index in [1.807, 2.05) is 12.3 Å². The van der Waals surface area contributed by atoms with Gasteiger partial charge in [-0.05, 0) is 24.8 Å². The van der Waals surface area contributed by atoms with E-state index in [1.165, 1.54) is 24.1 Å². The number of hydrogen-bond acceptors (Lipinski definition) is 5. The van der Waals surface area contributed by atoms with Crippen LogP contribution in [0.15, 0.2) is 24.7 Å². The Hall–Kier alpha value is -1.95. The lowest BCUT2D eigenvalue weighted by Gasteiger charge is -2.33. The summed E-state index contributed by atoms with van der Waals surface area (Å²) in [7, 11) is 1.76. The SMILES string of the molecule is COC[C@@H]1CN(c2ncccn2)Cc2c1cnn2CC1CC1. The first-order chi connectivity index (χ1) is 10.8. The van der Waals surface area contributed by atoms with E-state index in [4.69, 9.17) is 4.74 Å². The van der Waals surface area contributed by atoms with E-state index >= 15 is 0 Å². The molecule has 2 aliphatic rings. The lowest BCUT2D eigenvalue weighted by molar-refractivity contribution is 0.177. The molecule has 6 heteroatoms. The highest BCUT2D eigenvalue weighted by Crippen LogP contribution is 2.34. The third kappa shape index (κ3) is 2.59. The number of nitrogens with zero attached hydrogens (tertiary/aromatic N) is 5. The average molecular weight is 299 g/mol. The minimum Gasteiger partial charge on any atom is -0.384 e. The summed E-state index contributed by atoms with van der Waals surface area (Å²) in [4.78, 5) is 11.0. The van der Waals surface area contributed by atoms with Crippen LogP contribution >= 0.6 is 0 Å². The Morgan fingerprint density at radius 3 is 2.82 bits per heavy atom. The summed E-state index contributed by atoms with van der Waals surface area (Å²) in [6.07, 6.45) is 8.29. The van der Waals surface area contributed by atoms with Gasteiger partial charge in [0.2, 0.25) is 5.95 Å². The summed E-state index contributed by atoms with van der Waals surface area (Å²) < 4.78 is 7.61. The molecule has 0 aromatic carbocycles. The zero-order chi connectivity index (χ0) is 14.9. The number of methoxy groups -OCH3 is 1. The summed E-state index contributed by atoms with van der Waals surface area (Å²) in [5.74, 6) is 1.92. The highest BCUT2D eigenvalue weighted by atomic mass is 16.5. The van der Waals surface area contributed by atoms with Crippen molar-refractivity contribution in [3.8, 4) is 0 Å². The maximum absolute atomic E-state index is 5.42. The maximum Gasteiger partial charge on any atom is 0.225 e. The molecule has 2 aromatic heterocycles. The van der Waals surface area contributed by atoms with Crippen molar-refractivity contribution < 1.29 is 4.74 Å². The van der Waals surface area contributed by atoms with Gasteiger partial charge in [-0.1, -0.05) is 0 Å². The highest BCUT2D eigenvalue weighted by Gasteiger charge is 2.31. The van der Waals surface area contributed by atoms with E-state index in [-0.39, 0.29) is 0 Å². The van der Waals surface area contributed by atoms with Gasteiger partial charge in [0.15, 0.2) is 0 Å². The molecule has 1 aliphatic carbocycles. The zero-order valence-corrected chi connectivity index (χ0v) is 12.9. The van der Waals surface area contributed by atoms with E-state index in [9.17, 15) is 0 Å². The number of anilines is 1. The van der Waals surface area contributed by atoms with E-state index in [0.29, 0.717) is 12.5 Å². The molecule has 22 heavy (non-hydrogen) atoms. The minimum atomic E-state index is 0.325. The van der Waals surface area contributed by atoms with Gasteiger partial charge in [0.1, 0.15) is 0 Å². The molecule has 4 rings (SSSR count). The van der Waals surface area contributed by atoms with E-state index in [1.54, 1.807) is 19.5 Å². The summed E-state index contributed by atoms with van der Waals surface area (Å²) >= 11 is 0. The molecule has 1 aliphatic heterocycles. The van der Waals surface area contributed by atoms with Gasteiger partial charge in [-0.25, -0.2) is 9.97 Å². The minimum absolute atomic E-state index is 0.325. The summed E-state index contributed by atoms with van der Waals surface area (Å²) in [6.45, 7) is 3.44. The lowest BCUT2D eigenvalue weighted by atomic mass is 9.95. The quantitative estimate of drug-likeness (QED) is 0.843. The monoisotopic (exact) mass is 299 g/mol. The van der Waals surface area contributed by atoms with Crippen LogP contribution < -0.4 is 4.90 Å². The fourth-order valence-electron chi connectivity index (χ4n) is 3.20. The van der Waals surface area contributed by atoms with Crippen molar-refractivity contribution in [2.45, 2.75) is 31.8 Å². The van der Waals surface area contributed by atoms with Gasteiger partial charge in [-0.2, -0.15) is 5.10 Å². The molecule has 0 N–H and O–H groups in total. The Morgan fingerprint density at radius 1 is 1.27 bits per heavy atom. The van der Waals surface area contributed by atoms with Crippen molar-refractivity contribution in [3.05, 3.63) is 35.9 Å². The first-order valence-electron chi connectivity index (χ1n) is 7.90. The molecule has 3 heterocycles. The summed E-state index contributed by atoms with van der Waals surface area (Å²) in [5, 5.41) is 4.63. The molecule has 0 saturated heterocycles. The molecule has 0 bridgehead atoms. The normalized spacial score (nSPS) is 21.0. The van der Waals surface area contributed by atoms with Gasteiger partial charge in [-0.15, -0.1) is 0 Å². The van der Waals surface area contributed by atoms with Crippen LogP contribution in [0.1, 0.15) is 30.0 Å². The van der Waals surface area contributed by atoms with Gasteiger partial charge in [0.05, 0.1) is 25.0 Å². The fraction of sp³-hybridized carbons (Fsp3) is 0.562. The number of ether oxygens (including phenoxy) is 1. The molecule has 116 valence electrons. The standard InChI is InChI=1S/C16H21N5O/c1-22-11-13-9-20(16-17-5-2-6-18-16)10-15-14(13)7-19-21(15)8-12-3-4-12/h2,5-7,12-13H,3-4,8-11H2,1H3/t13-/m0/s1. The van der Waals surface area contributed by atoms with E-state index in [2.05, 4.69) is 24.6 Å². The molecule has 1 saturated carbocycles. The predicted octanol–water partition coefficient (Wildman–Crippen LogP) is 1.83. The molecule has 2 aromatic rings. The Bertz CT molecular complexity index is 637. The van der Waals surface area contributed by atoms with Crippen molar-refractivity contribution >= 4 is 5.95 Å². The zero-order valence-electron chi connectivity index (χ0n) is 12.9. The molecule has 0 spiro atoms. The molecule has 0 radical (unpaired) electrons. The summed E-state index contributed by atoms with van der Waals surface area (Å²) in [6, 6.07) is 1.85. The molecular weight excluding hydrogens is 278 g/mol. The van der Waals surface area contributed by atoms with Crippen LogP contribution in [0.5, 0.6) is 0 Å². The number of hydrogen-bond donors (Lipinski definition) is 0. The second-order valence-corrected chi connectivity index (χ2v) is 6.25. The van der Waals surface area contributed by atoms with Gasteiger partial charge in [0, 0.05) is 44.1 Å². The number of rotatable bonds is 5. The average Bonchev–Trinajstić information content (AvgIpc) is 3.28. The first kappa shape index (κ1) is 13.7. The van der Waals surface area contributed by atoms with Gasteiger partial charge < -0.3 is 9.64 Å². The Morgan fingerprint density at radius 2 is 2.09 bits per heavy atom. The maximum atomic E-state index is 5.42. The van der Waals surface area contributed by atoms with Crippen LogP contribution in [0.4, 0.5) is 5.95 Å².